The van der Waals surface area contributed by atoms with E-state index in [0.29, 0.717) is 31.4 Å². The van der Waals surface area contributed by atoms with E-state index < -0.39 is 0 Å². The molecule has 1 aromatic carbocycles. The molecule has 0 aliphatic heterocycles. The molecule has 0 saturated heterocycles. The van der Waals surface area contributed by atoms with E-state index in [1.165, 1.54) is 12.1 Å². The second-order valence-electron chi connectivity index (χ2n) is 5.60. The molecule has 0 saturated carbocycles. The Labute approximate surface area is 126 Å². The fourth-order valence-corrected chi connectivity index (χ4v) is 1.68. The van der Waals surface area contributed by atoms with Crippen LogP contribution >= 0.6 is 0 Å². The summed E-state index contributed by atoms with van der Waals surface area (Å²) in [6, 6.07) is 5.70. The highest BCUT2D eigenvalue weighted by atomic mass is 19.1. The van der Waals surface area contributed by atoms with E-state index in [1.807, 2.05) is 18.9 Å². The molecule has 0 aromatic heterocycles. The zero-order valence-corrected chi connectivity index (χ0v) is 13.2. The van der Waals surface area contributed by atoms with Crippen molar-refractivity contribution in [3.63, 3.8) is 0 Å². The van der Waals surface area contributed by atoms with Gasteiger partial charge >= 0.3 is 0 Å². The Hall–Kier alpha value is -1.62. The molecular formula is C16H25FN2O2. The molecule has 21 heavy (non-hydrogen) atoms. The summed E-state index contributed by atoms with van der Waals surface area (Å²) in [5, 5.41) is 2.91. The van der Waals surface area contributed by atoms with Crippen LogP contribution in [0.3, 0.4) is 0 Å². The van der Waals surface area contributed by atoms with Crippen LogP contribution in [0.25, 0.3) is 0 Å². The molecule has 0 aliphatic rings. The van der Waals surface area contributed by atoms with Crippen molar-refractivity contribution in [2.24, 2.45) is 5.92 Å². The number of nitrogens with one attached hydrogen (secondary N) is 1. The van der Waals surface area contributed by atoms with Crippen LogP contribution in [0.5, 0.6) is 5.75 Å². The lowest BCUT2D eigenvalue weighted by molar-refractivity contribution is -0.125. The van der Waals surface area contributed by atoms with Gasteiger partial charge in [0.05, 0.1) is 6.04 Å². The number of benzene rings is 1. The summed E-state index contributed by atoms with van der Waals surface area (Å²) in [5.41, 5.74) is 0. The highest BCUT2D eigenvalue weighted by Crippen LogP contribution is 2.10. The Morgan fingerprint density at radius 1 is 1.29 bits per heavy atom. The Balaban J connectivity index is 2.30. The zero-order chi connectivity index (χ0) is 15.8. The van der Waals surface area contributed by atoms with Crippen LogP contribution < -0.4 is 10.1 Å². The van der Waals surface area contributed by atoms with Crippen LogP contribution in [0.15, 0.2) is 24.3 Å². The molecule has 0 aliphatic carbocycles. The summed E-state index contributed by atoms with van der Waals surface area (Å²) < 4.78 is 18.3. The monoisotopic (exact) mass is 296 g/mol. The lowest BCUT2D eigenvalue weighted by atomic mass is 10.2. The molecule has 0 spiro atoms. The van der Waals surface area contributed by atoms with Crippen molar-refractivity contribution in [2.75, 3.05) is 26.7 Å². The molecule has 1 unspecified atom stereocenters. The van der Waals surface area contributed by atoms with Gasteiger partial charge in [0, 0.05) is 13.1 Å². The van der Waals surface area contributed by atoms with Gasteiger partial charge < -0.3 is 10.1 Å². The van der Waals surface area contributed by atoms with Gasteiger partial charge in [-0.2, -0.15) is 0 Å². The van der Waals surface area contributed by atoms with Crippen LogP contribution in [-0.2, 0) is 4.79 Å². The van der Waals surface area contributed by atoms with E-state index in [-0.39, 0.29) is 17.8 Å². The Kier molecular flexibility index (Phi) is 7.15. The van der Waals surface area contributed by atoms with E-state index in [1.54, 1.807) is 12.1 Å². The Bertz CT molecular complexity index is 434. The first kappa shape index (κ1) is 17.4. The number of amides is 1. The molecule has 0 bridgehead atoms. The number of carbonyl (C=O) groups excluding carboxylic acids is 1. The van der Waals surface area contributed by atoms with E-state index in [0.717, 1.165) is 0 Å². The van der Waals surface area contributed by atoms with Crippen LogP contribution in [0.4, 0.5) is 4.39 Å². The minimum absolute atomic E-state index is 0.0213. The van der Waals surface area contributed by atoms with Crippen LogP contribution in [-0.4, -0.2) is 43.6 Å². The van der Waals surface area contributed by atoms with E-state index in [4.69, 9.17) is 4.74 Å². The fourth-order valence-electron chi connectivity index (χ4n) is 1.68. The molecule has 1 amide bonds. The largest absolute Gasteiger partial charge is 0.492 e. The third kappa shape index (κ3) is 6.58. The summed E-state index contributed by atoms with van der Waals surface area (Å²) in [7, 11) is 1.88. The molecule has 5 heteroatoms. The van der Waals surface area contributed by atoms with Crippen molar-refractivity contribution in [1.82, 2.24) is 10.2 Å². The molecule has 0 fully saturated rings. The van der Waals surface area contributed by atoms with E-state index >= 15 is 0 Å². The number of nitrogens with zero attached hydrogens (tertiary/aromatic N) is 1. The molecule has 0 radical (unpaired) electrons. The molecular weight excluding hydrogens is 271 g/mol. The number of hydrogen-bond donors (Lipinski definition) is 1. The van der Waals surface area contributed by atoms with Gasteiger partial charge in [0.25, 0.3) is 0 Å². The van der Waals surface area contributed by atoms with Crippen LogP contribution in [0.1, 0.15) is 20.8 Å². The van der Waals surface area contributed by atoms with Crippen molar-refractivity contribution >= 4 is 5.91 Å². The van der Waals surface area contributed by atoms with Gasteiger partial charge in [-0.15, -0.1) is 0 Å². The summed E-state index contributed by atoms with van der Waals surface area (Å²) in [6.07, 6.45) is 0. The number of halogens is 1. The van der Waals surface area contributed by atoms with Crippen molar-refractivity contribution in [3.05, 3.63) is 30.1 Å². The van der Waals surface area contributed by atoms with Crippen LogP contribution in [0, 0.1) is 11.7 Å². The summed E-state index contributed by atoms with van der Waals surface area (Å²) in [6.45, 7) is 7.74. The summed E-state index contributed by atoms with van der Waals surface area (Å²) in [4.78, 5) is 13.9. The number of likely N-dealkylation sites (N-methyl/N-ethyl adjacent to an activating group) is 1. The third-order valence-electron chi connectivity index (χ3n) is 3.25. The molecule has 118 valence electrons. The Morgan fingerprint density at radius 2 is 1.90 bits per heavy atom. The maximum atomic E-state index is 12.8. The summed E-state index contributed by atoms with van der Waals surface area (Å²) in [5.74, 6) is 0.804. The third-order valence-corrected chi connectivity index (χ3v) is 3.25. The van der Waals surface area contributed by atoms with Crippen LogP contribution in [0.2, 0.25) is 0 Å². The van der Waals surface area contributed by atoms with Gasteiger partial charge in [0.1, 0.15) is 18.2 Å². The molecule has 1 N–H and O–H groups in total. The SMILES string of the molecule is CC(C)CNC(=O)C(C)N(C)CCOc1ccc(F)cc1. The zero-order valence-electron chi connectivity index (χ0n) is 13.2. The molecule has 1 rings (SSSR count). The van der Waals surface area contributed by atoms with Gasteiger partial charge in [-0.05, 0) is 44.2 Å². The first-order chi connectivity index (χ1) is 9.90. The van der Waals surface area contributed by atoms with Gasteiger partial charge in [0.15, 0.2) is 0 Å². The normalized spacial score (nSPS) is 12.5. The average Bonchev–Trinajstić information content (AvgIpc) is 2.45. The average molecular weight is 296 g/mol. The maximum Gasteiger partial charge on any atom is 0.237 e. The number of hydrogen-bond acceptors (Lipinski definition) is 3. The van der Waals surface area contributed by atoms with Crippen molar-refractivity contribution < 1.29 is 13.9 Å². The quantitative estimate of drug-likeness (QED) is 0.800. The lowest BCUT2D eigenvalue weighted by Gasteiger charge is -2.24. The topological polar surface area (TPSA) is 41.6 Å². The second-order valence-corrected chi connectivity index (χ2v) is 5.60. The van der Waals surface area contributed by atoms with E-state index in [9.17, 15) is 9.18 Å². The second kappa shape index (κ2) is 8.62. The molecule has 4 nitrogen and oxygen atoms in total. The number of carbonyl (C=O) groups is 1. The minimum Gasteiger partial charge on any atom is -0.492 e. The first-order valence-corrected chi connectivity index (χ1v) is 7.26. The predicted octanol–water partition coefficient (Wildman–Crippen LogP) is 2.30. The van der Waals surface area contributed by atoms with Gasteiger partial charge in [-0.1, -0.05) is 13.8 Å². The lowest BCUT2D eigenvalue weighted by Crippen LogP contribution is -2.45. The maximum absolute atomic E-state index is 12.8. The van der Waals surface area contributed by atoms with Gasteiger partial charge in [-0.3, -0.25) is 9.69 Å². The summed E-state index contributed by atoms with van der Waals surface area (Å²) >= 11 is 0. The number of rotatable bonds is 8. The van der Waals surface area contributed by atoms with Crippen molar-refractivity contribution in [2.45, 2.75) is 26.8 Å². The van der Waals surface area contributed by atoms with Gasteiger partial charge in [0.2, 0.25) is 5.91 Å². The highest BCUT2D eigenvalue weighted by Gasteiger charge is 2.17. The smallest absolute Gasteiger partial charge is 0.237 e. The minimum atomic E-state index is -0.282. The standard InChI is InChI=1S/C16H25FN2O2/c1-12(2)11-18-16(20)13(3)19(4)9-10-21-15-7-5-14(17)6-8-15/h5-8,12-13H,9-11H2,1-4H3,(H,18,20). The van der Waals surface area contributed by atoms with Crippen molar-refractivity contribution in [1.29, 1.82) is 0 Å². The first-order valence-electron chi connectivity index (χ1n) is 7.26. The molecule has 1 atom stereocenters. The fraction of sp³-hybridized carbons (Fsp3) is 0.562. The predicted molar refractivity (Wildman–Crippen MR) is 81.8 cm³/mol. The molecule has 1 aromatic rings. The van der Waals surface area contributed by atoms with Crippen molar-refractivity contribution in [3.8, 4) is 5.75 Å². The molecule has 0 heterocycles. The number of ether oxygens (including phenoxy) is 1. The van der Waals surface area contributed by atoms with E-state index in [2.05, 4.69) is 19.2 Å². The highest BCUT2D eigenvalue weighted by molar-refractivity contribution is 5.81. The Morgan fingerprint density at radius 3 is 2.48 bits per heavy atom. The van der Waals surface area contributed by atoms with Gasteiger partial charge in [-0.25, -0.2) is 4.39 Å².